The Morgan fingerprint density at radius 3 is 2.70 bits per heavy atom. The molecule has 0 spiro atoms. The van der Waals surface area contributed by atoms with Crippen molar-refractivity contribution in [3.05, 3.63) is 0 Å². The zero-order chi connectivity index (χ0) is 7.40. The Balaban J connectivity index is 2.12. The summed E-state index contributed by atoms with van der Waals surface area (Å²) in [5.41, 5.74) is 0. The number of alkyl halides is 1. The van der Waals surface area contributed by atoms with E-state index in [9.17, 15) is 4.79 Å². The molecule has 1 unspecified atom stereocenters. The van der Waals surface area contributed by atoms with Crippen molar-refractivity contribution in [3.8, 4) is 0 Å². The Kier molecular flexibility index (Phi) is 3.20. The van der Waals surface area contributed by atoms with E-state index in [1.54, 1.807) is 0 Å². The molecule has 1 aliphatic carbocycles. The third-order valence-electron chi connectivity index (χ3n) is 2.07. The van der Waals surface area contributed by atoms with Crippen molar-refractivity contribution >= 4 is 17.9 Å². The normalized spacial score (nSPS) is 20.5. The second-order valence-electron chi connectivity index (χ2n) is 2.97. The SMILES string of the molecule is O=CC(CCCCl)C1CC1. The van der Waals surface area contributed by atoms with Crippen molar-refractivity contribution in [1.29, 1.82) is 0 Å². The Hall–Kier alpha value is -0.0400. The van der Waals surface area contributed by atoms with Crippen LogP contribution >= 0.6 is 11.6 Å². The molecule has 0 bridgehead atoms. The first-order valence-electron chi connectivity index (χ1n) is 3.89. The highest BCUT2D eigenvalue weighted by molar-refractivity contribution is 6.17. The summed E-state index contributed by atoms with van der Waals surface area (Å²) in [6.07, 6.45) is 5.60. The van der Waals surface area contributed by atoms with Crippen LogP contribution in [0.15, 0.2) is 0 Å². The standard InChI is InChI=1S/C8H13ClO/c9-5-1-2-8(6-10)7-3-4-7/h6-8H,1-5H2. The molecule has 0 aromatic heterocycles. The maximum atomic E-state index is 10.4. The largest absolute Gasteiger partial charge is 0.303 e. The Bertz CT molecular complexity index is 110. The van der Waals surface area contributed by atoms with Crippen LogP contribution < -0.4 is 0 Å². The Morgan fingerprint density at radius 2 is 2.30 bits per heavy atom. The third kappa shape index (κ3) is 2.30. The average Bonchev–Trinajstić information content (AvgIpc) is 2.73. The highest BCUT2D eigenvalue weighted by atomic mass is 35.5. The van der Waals surface area contributed by atoms with E-state index in [2.05, 4.69) is 0 Å². The molecule has 1 atom stereocenters. The molecule has 0 aliphatic heterocycles. The lowest BCUT2D eigenvalue weighted by Gasteiger charge is -2.04. The van der Waals surface area contributed by atoms with Gasteiger partial charge in [0.2, 0.25) is 0 Å². The molecule has 1 fully saturated rings. The van der Waals surface area contributed by atoms with Crippen LogP contribution in [0.4, 0.5) is 0 Å². The summed E-state index contributed by atoms with van der Waals surface area (Å²) in [4.78, 5) is 10.4. The van der Waals surface area contributed by atoms with Crippen molar-refractivity contribution < 1.29 is 4.79 Å². The molecule has 0 radical (unpaired) electrons. The molecule has 1 nitrogen and oxygen atoms in total. The van der Waals surface area contributed by atoms with E-state index in [4.69, 9.17) is 11.6 Å². The number of halogens is 1. The molecule has 0 heterocycles. The smallest absolute Gasteiger partial charge is 0.123 e. The Morgan fingerprint density at radius 1 is 1.60 bits per heavy atom. The molecule has 10 heavy (non-hydrogen) atoms. The van der Waals surface area contributed by atoms with Crippen molar-refractivity contribution in [2.45, 2.75) is 25.7 Å². The highest BCUT2D eigenvalue weighted by Crippen LogP contribution is 2.37. The predicted molar refractivity (Wildman–Crippen MR) is 42.2 cm³/mol. The topological polar surface area (TPSA) is 17.1 Å². The minimum atomic E-state index is 0.318. The van der Waals surface area contributed by atoms with Crippen LogP contribution in [0, 0.1) is 11.8 Å². The van der Waals surface area contributed by atoms with Crippen LogP contribution in [-0.4, -0.2) is 12.2 Å². The van der Waals surface area contributed by atoms with Crippen molar-refractivity contribution in [2.24, 2.45) is 11.8 Å². The molecule has 0 saturated heterocycles. The van der Waals surface area contributed by atoms with Gasteiger partial charge < -0.3 is 4.79 Å². The van der Waals surface area contributed by atoms with Crippen molar-refractivity contribution in [1.82, 2.24) is 0 Å². The molecule has 2 heteroatoms. The number of hydrogen-bond acceptors (Lipinski definition) is 1. The lowest BCUT2D eigenvalue weighted by atomic mass is 10.0. The van der Waals surface area contributed by atoms with Crippen LogP contribution in [0.5, 0.6) is 0 Å². The van der Waals surface area contributed by atoms with Crippen LogP contribution in [0.3, 0.4) is 0 Å². The van der Waals surface area contributed by atoms with Gasteiger partial charge in [0.05, 0.1) is 0 Å². The van der Waals surface area contributed by atoms with Crippen molar-refractivity contribution in [3.63, 3.8) is 0 Å². The molecular weight excluding hydrogens is 148 g/mol. The van der Waals surface area contributed by atoms with Gasteiger partial charge in [-0.3, -0.25) is 0 Å². The maximum absolute atomic E-state index is 10.4. The van der Waals surface area contributed by atoms with E-state index >= 15 is 0 Å². The first-order chi connectivity index (χ1) is 4.88. The summed E-state index contributed by atoms with van der Waals surface area (Å²) in [7, 11) is 0. The van der Waals surface area contributed by atoms with Crippen LogP contribution in [0.2, 0.25) is 0 Å². The quantitative estimate of drug-likeness (QED) is 0.445. The van der Waals surface area contributed by atoms with Gasteiger partial charge in [-0.2, -0.15) is 0 Å². The summed E-state index contributed by atoms with van der Waals surface area (Å²) >= 11 is 5.51. The Labute approximate surface area is 66.8 Å². The van der Waals surface area contributed by atoms with Crippen LogP contribution in [-0.2, 0) is 4.79 Å². The van der Waals surface area contributed by atoms with Gasteiger partial charge in [0.15, 0.2) is 0 Å². The van der Waals surface area contributed by atoms with E-state index in [-0.39, 0.29) is 0 Å². The molecule has 1 saturated carbocycles. The van der Waals surface area contributed by atoms with Gasteiger partial charge in [-0.05, 0) is 31.6 Å². The van der Waals surface area contributed by atoms with Gasteiger partial charge in [-0.15, -0.1) is 11.6 Å². The van der Waals surface area contributed by atoms with E-state index in [1.807, 2.05) is 0 Å². The van der Waals surface area contributed by atoms with Gasteiger partial charge >= 0.3 is 0 Å². The van der Waals surface area contributed by atoms with Gasteiger partial charge in [0, 0.05) is 11.8 Å². The van der Waals surface area contributed by atoms with E-state index in [0.717, 1.165) is 19.1 Å². The minimum Gasteiger partial charge on any atom is -0.303 e. The lowest BCUT2D eigenvalue weighted by molar-refractivity contribution is -0.111. The number of carbonyl (C=O) groups is 1. The van der Waals surface area contributed by atoms with Gasteiger partial charge in [-0.25, -0.2) is 0 Å². The summed E-state index contributed by atoms with van der Waals surface area (Å²) in [5, 5.41) is 0. The molecular formula is C8H13ClO. The minimum absolute atomic E-state index is 0.318. The molecule has 0 aromatic rings. The number of carbonyl (C=O) groups excluding carboxylic acids is 1. The zero-order valence-electron chi connectivity index (χ0n) is 6.05. The van der Waals surface area contributed by atoms with Gasteiger partial charge in [0.25, 0.3) is 0 Å². The summed E-state index contributed by atoms with van der Waals surface area (Å²) in [6, 6.07) is 0. The van der Waals surface area contributed by atoms with Crippen molar-refractivity contribution in [2.75, 3.05) is 5.88 Å². The molecule has 1 rings (SSSR count). The van der Waals surface area contributed by atoms with Crippen LogP contribution in [0.1, 0.15) is 25.7 Å². The van der Waals surface area contributed by atoms with Gasteiger partial charge in [0.1, 0.15) is 6.29 Å². The summed E-state index contributed by atoms with van der Waals surface area (Å²) in [6.45, 7) is 0. The fourth-order valence-electron chi connectivity index (χ4n) is 1.25. The number of hydrogen-bond donors (Lipinski definition) is 0. The lowest BCUT2D eigenvalue weighted by Crippen LogP contribution is -2.04. The molecule has 58 valence electrons. The fourth-order valence-corrected chi connectivity index (χ4v) is 1.41. The average molecular weight is 161 g/mol. The monoisotopic (exact) mass is 160 g/mol. The van der Waals surface area contributed by atoms with E-state index in [1.165, 1.54) is 12.8 Å². The summed E-state index contributed by atoms with van der Waals surface area (Å²) in [5.74, 6) is 1.72. The first-order valence-corrected chi connectivity index (χ1v) is 4.43. The highest BCUT2D eigenvalue weighted by Gasteiger charge is 2.29. The predicted octanol–water partition coefficient (Wildman–Crippen LogP) is 2.23. The fraction of sp³-hybridized carbons (Fsp3) is 0.875. The second-order valence-corrected chi connectivity index (χ2v) is 3.35. The molecule has 1 aliphatic rings. The van der Waals surface area contributed by atoms with Gasteiger partial charge in [-0.1, -0.05) is 0 Å². The molecule has 0 aromatic carbocycles. The van der Waals surface area contributed by atoms with Crippen LogP contribution in [0.25, 0.3) is 0 Å². The third-order valence-corrected chi connectivity index (χ3v) is 2.34. The molecule has 0 amide bonds. The van der Waals surface area contributed by atoms with E-state index < -0.39 is 0 Å². The maximum Gasteiger partial charge on any atom is 0.123 e. The first kappa shape index (κ1) is 8.06. The summed E-state index contributed by atoms with van der Waals surface area (Å²) < 4.78 is 0. The van der Waals surface area contributed by atoms with E-state index in [0.29, 0.717) is 17.7 Å². The zero-order valence-corrected chi connectivity index (χ0v) is 6.81. The second kappa shape index (κ2) is 3.97. The number of aldehydes is 1. The molecule has 0 N–H and O–H groups in total. The number of rotatable bonds is 5.